The highest BCUT2D eigenvalue weighted by atomic mass is 32.1. The summed E-state index contributed by atoms with van der Waals surface area (Å²) in [4.78, 5) is 13.1. The molecule has 0 bridgehead atoms. The SMILES string of the molecule is C/C(=C\c1cccs1)C(=O)NCc1nnc(-c2ccccc2)o1. The monoisotopic (exact) mass is 325 g/mol. The van der Waals surface area contributed by atoms with Crippen molar-refractivity contribution in [3.05, 3.63) is 64.2 Å². The molecule has 1 amide bonds. The predicted molar refractivity (Wildman–Crippen MR) is 89.6 cm³/mol. The highest BCUT2D eigenvalue weighted by Gasteiger charge is 2.10. The summed E-state index contributed by atoms with van der Waals surface area (Å²) in [5, 5.41) is 12.7. The topological polar surface area (TPSA) is 68.0 Å². The average molecular weight is 325 g/mol. The van der Waals surface area contributed by atoms with Crippen molar-refractivity contribution in [3.63, 3.8) is 0 Å². The molecule has 0 aliphatic rings. The average Bonchev–Trinajstić information content (AvgIpc) is 3.25. The minimum atomic E-state index is -0.155. The van der Waals surface area contributed by atoms with Crippen molar-refractivity contribution in [1.82, 2.24) is 15.5 Å². The van der Waals surface area contributed by atoms with Gasteiger partial charge in [0.05, 0.1) is 6.54 Å². The molecule has 3 aromatic rings. The fourth-order valence-electron chi connectivity index (χ4n) is 1.97. The Morgan fingerprint density at radius 1 is 1.22 bits per heavy atom. The maximum absolute atomic E-state index is 12.1. The van der Waals surface area contributed by atoms with Crippen LogP contribution in [0.15, 0.2) is 57.8 Å². The molecule has 6 heteroatoms. The molecule has 2 aromatic heterocycles. The van der Waals surface area contributed by atoms with Crippen LogP contribution in [0.3, 0.4) is 0 Å². The third kappa shape index (κ3) is 3.92. The molecule has 0 saturated heterocycles. The van der Waals surface area contributed by atoms with E-state index in [1.54, 1.807) is 18.3 Å². The molecule has 0 saturated carbocycles. The molecule has 3 rings (SSSR count). The van der Waals surface area contributed by atoms with Gasteiger partial charge in [-0.05, 0) is 36.6 Å². The number of benzene rings is 1. The number of carbonyl (C=O) groups excluding carboxylic acids is 1. The van der Waals surface area contributed by atoms with Crippen LogP contribution < -0.4 is 5.32 Å². The second kappa shape index (κ2) is 7.02. The third-order valence-electron chi connectivity index (χ3n) is 3.15. The lowest BCUT2D eigenvalue weighted by Crippen LogP contribution is -2.23. The van der Waals surface area contributed by atoms with Crippen molar-refractivity contribution >= 4 is 23.3 Å². The van der Waals surface area contributed by atoms with E-state index in [0.29, 0.717) is 17.4 Å². The Bertz CT molecular complexity index is 808. The normalized spacial score (nSPS) is 11.4. The summed E-state index contributed by atoms with van der Waals surface area (Å²) in [5.74, 6) is 0.666. The fraction of sp³-hybridized carbons (Fsp3) is 0.118. The maximum Gasteiger partial charge on any atom is 0.247 e. The van der Waals surface area contributed by atoms with Crippen LogP contribution in [-0.2, 0) is 11.3 Å². The number of rotatable bonds is 5. The molecule has 0 aliphatic carbocycles. The Balaban J connectivity index is 1.60. The molecule has 2 heterocycles. The minimum Gasteiger partial charge on any atom is -0.419 e. The molecule has 0 radical (unpaired) electrons. The third-order valence-corrected chi connectivity index (χ3v) is 3.97. The summed E-state index contributed by atoms with van der Waals surface area (Å²) in [6.07, 6.45) is 1.85. The van der Waals surface area contributed by atoms with Gasteiger partial charge in [0.15, 0.2) is 0 Å². The molecule has 1 N–H and O–H groups in total. The minimum absolute atomic E-state index is 0.155. The van der Waals surface area contributed by atoms with Crippen molar-refractivity contribution in [2.75, 3.05) is 0 Å². The second-order valence-electron chi connectivity index (χ2n) is 4.89. The summed E-state index contributed by atoms with van der Waals surface area (Å²) in [6.45, 7) is 1.98. The van der Waals surface area contributed by atoms with Gasteiger partial charge in [-0.25, -0.2) is 0 Å². The van der Waals surface area contributed by atoms with Crippen LogP contribution in [0.1, 0.15) is 17.7 Å². The lowest BCUT2D eigenvalue weighted by molar-refractivity contribution is -0.117. The molecule has 0 unspecified atom stereocenters. The van der Waals surface area contributed by atoms with Crippen LogP contribution in [0, 0.1) is 0 Å². The molecule has 23 heavy (non-hydrogen) atoms. The first-order valence-electron chi connectivity index (χ1n) is 7.10. The largest absolute Gasteiger partial charge is 0.419 e. The maximum atomic E-state index is 12.1. The van der Waals surface area contributed by atoms with Gasteiger partial charge in [0.25, 0.3) is 0 Å². The second-order valence-corrected chi connectivity index (χ2v) is 5.87. The first-order valence-corrected chi connectivity index (χ1v) is 7.98. The molecule has 0 spiro atoms. The summed E-state index contributed by atoms with van der Waals surface area (Å²) >= 11 is 1.59. The standard InChI is InChI=1S/C17H15N3O2S/c1-12(10-14-8-5-9-23-14)16(21)18-11-15-19-20-17(22-15)13-6-3-2-4-7-13/h2-10H,11H2,1H3,(H,18,21)/b12-10+. The lowest BCUT2D eigenvalue weighted by atomic mass is 10.2. The van der Waals surface area contributed by atoms with E-state index in [2.05, 4.69) is 15.5 Å². The molecule has 1 aromatic carbocycles. The van der Waals surface area contributed by atoms with Gasteiger partial charge in [-0.1, -0.05) is 24.3 Å². The van der Waals surface area contributed by atoms with E-state index >= 15 is 0 Å². The molecule has 0 atom stereocenters. The van der Waals surface area contributed by atoms with E-state index in [-0.39, 0.29) is 12.5 Å². The van der Waals surface area contributed by atoms with E-state index in [1.807, 2.05) is 53.9 Å². The van der Waals surface area contributed by atoms with Crippen LogP contribution in [0.5, 0.6) is 0 Å². The summed E-state index contributed by atoms with van der Waals surface area (Å²) < 4.78 is 5.55. The van der Waals surface area contributed by atoms with E-state index < -0.39 is 0 Å². The molecule has 0 fully saturated rings. The summed E-state index contributed by atoms with van der Waals surface area (Å²) in [5.41, 5.74) is 1.49. The van der Waals surface area contributed by atoms with Gasteiger partial charge in [-0.3, -0.25) is 4.79 Å². The van der Waals surface area contributed by atoms with Crippen LogP contribution >= 0.6 is 11.3 Å². The molecule has 116 valence electrons. The van der Waals surface area contributed by atoms with E-state index in [4.69, 9.17) is 4.42 Å². The van der Waals surface area contributed by atoms with Gasteiger partial charge in [0, 0.05) is 16.0 Å². The number of thiophene rings is 1. The zero-order chi connectivity index (χ0) is 16.1. The molecule has 0 aliphatic heterocycles. The zero-order valence-electron chi connectivity index (χ0n) is 12.5. The van der Waals surface area contributed by atoms with Crippen LogP contribution in [-0.4, -0.2) is 16.1 Å². The van der Waals surface area contributed by atoms with Crippen molar-refractivity contribution in [2.24, 2.45) is 0 Å². The molecular weight excluding hydrogens is 310 g/mol. The Kier molecular flexibility index (Phi) is 4.63. The van der Waals surface area contributed by atoms with Crippen molar-refractivity contribution in [2.45, 2.75) is 13.5 Å². The lowest BCUT2D eigenvalue weighted by Gasteiger charge is -2.02. The fourth-order valence-corrected chi connectivity index (χ4v) is 2.69. The van der Waals surface area contributed by atoms with Gasteiger partial charge >= 0.3 is 0 Å². The first-order chi connectivity index (χ1) is 11.2. The summed E-state index contributed by atoms with van der Waals surface area (Å²) in [6, 6.07) is 13.4. The number of nitrogens with one attached hydrogen (secondary N) is 1. The van der Waals surface area contributed by atoms with Gasteiger partial charge < -0.3 is 9.73 Å². The number of hydrogen-bond donors (Lipinski definition) is 1. The van der Waals surface area contributed by atoms with E-state index in [1.165, 1.54) is 0 Å². The summed E-state index contributed by atoms with van der Waals surface area (Å²) in [7, 11) is 0. The highest BCUT2D eigenvalue weighted by molar-refractivity contribution is 7.10. The van der Waals surface area contributed by atoms with Gasteiger partial charge in [-0.2, -0.15) is 0 Å². The highest BCUT2D eigenvalue weighted by Crippen LogP contribution is 2.17. The molecule has 5 nitrogen and oxygen atoms in total. The van der Waals surface area contributed by atoms with Crippen LogP contribution in [0.4, 0.5) is 0 Å². The van der Waals surface area contributed by atoms with Gasteiger partial charge in [0.1, 0.15) is 0 Å². The van der Waals surface area contributed by atoms with Crippen LogP contribution in [0.2, 0.25) is 0 Å². The number of hydrogen-bond acceptors (Lipinski definition) is 5. The van der Waals surface area contributed by atoms with Crippen molar-refractivity contribution in [1.29, 1.82) is 0 Å². The number of carbonyl (C=O) groups is 1. The van der Waals surface area contributed by atoms with E-state index in [0.717, 1.165) is 10.4 Å². The number of nitrogens with zero attached hydrogens (tertiary/aromatic N) is 2. The Morgan fingerprint density at radius 2 is 2.04 bits per heavy atom. The van der Waals surface area contributed by atoms with E-state index in [9.17, 15) is 4.79 Å². The Hall–Kier alpha value is -2.73. The zero-order valence-corrected chi connectivity index (χ0v) is 13.3. The van der Waals surface area contributed by atoms with Crippen LogP contribution in [0.25, 0.3) is 17.5 Å². The first kappa shape index (κ1) is 15.2. The Labute approximate surface area is 137 Å². The predicted octanol–water partition coefficient (Wildman–Crippen LogP) is 3.52. The smallest absolute Gasteiger partial charge is 0.247 e. The Morgan fingerprint density at radius 3 is 2.78 bits per heavy atom. The van der Waals surface area contributed by atoms with Gasteiger partial charge in [-0.15, -0.1) is 21.5 Å². The quantitative estimate of drug-likeness (QED) is 0.729. The number of aromatic nitrogens is 2. The molecular formula is C17H15N3O2S. The van der Waals surface area contributed by atoms with Crippen molar-refractivity contribution in [3.8, 4) is 11.5 Å². The number of amides is 1. The van der Waals surface area contributed by atoms with Crippen molar-refractivity contribution < 1.29 is 9.21 Å². The van der Waals surface area contributed by atoms with Gasteiger partial charge in [0.2, 0.25) is 17.7 Å².